The van der Waals surface area contributed by atoms with Crippen LogP contribution in [0.5, 0.6) is 0 Å². The molecule has 1 atom stereocenters. The van der Waals surface area contributed by atoms with Crippen LogP contribution >= 0.6 is 0 Å². The number of nitrogens with zero attached hydrogens (tertiary/aromatic N) is 2. The number of carbonyl (C=O) groups excluding carboxylic acids is 1. The number of carbonyl (C=O) groups is 1. The predicted octanol–water partition coefficient (Wildman–Crippen LogP) is 5.31. The molecule has 0 aliphatic carbocycles. The van der Waals surface area contributed by atoms with Gasteiger partial charge in [0.2, 0.25) is 0 Å². The third kappa shape index (κ3) is 4.37. The summed E-state index contributed by atoms with van der Waals surface area (Å²) in [6.45, 7) is 0. The number of aromatic nitrogens is 2. The second-order valence-corrected chi connectivity index (χ2v) is 6.81. The molecule has 0 aliphatic rings. The number of halogens is 4. The fraction of sp³-hybridized carbons (Fsp3) is 0.0870. The summed E-state index contributed by atoms with van der Waals surface area (Å²) in [4.78, 5) is 21.0. The minimum atomic E-state index is -4.70. The van der Waals surface area contributed by atoms with Gasteiger partial charge in [-0.15, -0.1) is 0 Å². The highest BCUT2D eigenvalue weighted by Gasteiger charge is 2.37. The van der Waals surface area contributed by atoms with Crippen molar-refractivity contribution in [2.45, 2.75) is 12.2 Å². The molecule has 0 saturated carbocycles. The van der Waals surface area contributed by atoms with E-state index in [4.69, 9.17) is 0 Å². The number of amides is 1. The zero-order valence-electron chi connectivity index (χ0n) is 15.9. The first-order chi connectivity index (χ1) is 14.8. The van der Waals surface area contributed by atoms with Gasteiger partial charge in [-0.05, 0) is 48.0 Å². The molecule has 1 N–H and O–H groups in total. The van der Waals surface area contributed by atoms with Crippen molar-refractivity contribution in [3.05, 3.63) is 107 Å². The standard InChI is InChI=1S/C23H15F4N3O/c24-17-6-1-4-15(12-17)20(21-18(23(25,26)27)7-3-11-29-21)30-22(31)16-9-8-14-5-2-10-28-19(14)13-16/h1-13,20H,(H,30,31)/t20-/m0/s1. The van der Waals surface area contributed by atoms with Crippen molar-refractivity contribution in [2.24, 2.45) is 0 Å². The molecular weight excluding hydrogens is 410 g/mol. The van der Waals surface area contributed by atoms with E-state index in [0.29, 0.717) is 5.52 Å². The fourth-order valence-corrected chi connectivity index (χ4v) is 3.31. The Hall–Kier alpha value is -3.81. The molecule has 2 heterocycles. The molecule has 2 aromatic carbocycles. The number of hydrogen-bond donors (Lipinski definition) is 1. The van der Waals surface area contributed by atoms with E-state index in [1.807, 2.05) is 6.07 Å². The number of fused-ring (bicyclic) bond motifs is 1. The Balaban J connectivity index is 1.77. The summed E-state index contributed by atoms with van der Waals surface area (Å²) < 4.78 is 54.7. The summed E-state index contributed by atoms with van der Waals surface area (Å²) in [5, 5.41) is 3.38. The van der Waals surface area contributed by atoms with Gasteiger partial charge in [0.15, 0.2) is 0 Å². The van der Waals surface area contributed by atoms with Crippen LogP contribution in [0.3, 0.4) is 0 Å². The summed E-state index contributed by atoms with van der Waals surface area (Å²) in [6, 6.07) is 14.1. The summed E-state index contributed by atoms with van der Waals surface area (Å²) in [7, 11) is 0. The van der Waals surface area contributed by atoms with E-state index in [-0.39, 0.29) is 11.1 Å². The van der Waals surface area contributed by atoms with Crippen molar-refractivity contribution in [3.63, 3.8) is 0 Å². The van der Waals surface area contributed by atoms with E-state index in [1.54, 1.807) is 24.4 Å². The smallest absolute Gasteiger partial charge is 0.340 e. The molecule has 0 spiro atoms. The normalized spacial score (nSPS) is 12.5. The largest absolute Gasteiger partial charge is 0.418 e. The zero-order chi connectivity index (χ0) is 22.0. The van der Waals surface area contributed by atoms with Crippen molar-refractivity contribution in [1.29, 1.82) is 0 Å². The number of hydrogen-bond acceptors (Lipinski definition) is 3. The van der Waals surface area contributed by atoms with Crippen molar-refractivity contribution >= 4 is 16.8 Å². The second kappa shape index (κ2) is 8.14. The molecule has 8 heteroatoms. The summed E-state index contributed by atoms with van der Waals surface area (Å²) in [6.07, 6.45) is -1.93. The van der Waals surface area contributed by atoms with Crippen LogP contribution in [0, 0.1) is 5.82 Å². The van der Waals surface area contributed by atoms with Gasteiger partial charge in [0, 0.05) is 23.3 Å². The third-order valence-corrected chi connectivity index (χ3v) is 4.74. The van der Waals surface area contributed by atoms with Gasteiger partial charge in [-0.2, -0.15) is 13.2 Å². The Morgan fingerprint density at radius 3 is 2.45 bits per heavy atom. The van der Waals surface area contributed by atoms with Crippen LogP contribution in [0.15, 0.2) is 79.1 Å². The lowest BCUT2D eigenvalue weighted by Crippen LogP contribution is -2.31. The van der Waals surface area contributed by atoms with Crippen LogP contribution < -0.4 is 5.32 Å². The van der Waals surface area contributed by atoms with Crippen molar-refractivity contribution in [3.8, 4) is 0 Å². The van der Waals surface area contributed by atoms with Gasteiger partial charge in [-0.3, -0.25) is 14.8 Å². The Kier molecular flexibility index (Phi) is 5.37. The molecule has 2 aromatic heterocycles. The van der Waals surface area contributed by atoms with Gasteiger partial charge in [-0.25, -0.2) is 4.39 Å². The van der Waals surface area contributed by atoms with E-state index in [2.05, 4.69) is 15.3 Å². The number of pyridine rings is 2. The molecule has 31 heavy (non-hydrogen) atoms. The highest BCUT2D eigenvalue weighted by Crippen LogP contribution is 2.35. The topological polar surface area (TPSA) is 54.9 Å². The Morgan fingerprint density at radius 1 is 0.903 bits per heavy atom. The van der Waals surface area contributed by atoms with Gasteiger partial charge >= 0.3 is 6.18 Å². The molecule has 0 bridgehead atoms. The predicted molar refractivity (Wildman–Crippen MR) is 107 cm³/mol. The van der Waals surface area contributed by atoms with Gasteiger partial charge in [0.05, 0.1) is 22.8 Å². The molecule has 156 valence electrons. The lowest BCUT2D eigenvalue weighted by Gasteiger charge is -2.22. The van der Waals surface area contributed by atoms with E-state index < -0.39 is 35.2 Å². The maximum Gasteiger partial charge on any atom is 0.418 e. The SMILES string of the molecule is O=C(N[C@@H](c1cccc(F)c1)c1ncccc1C(F)(F)F)c1ccc2cccnc2c1. The average Bonchev–Trinajstić information content (AvgIpc) is 2.76. The maximum absolute atomic E-state index is 13.8. The zero-order valence-corrected chi connectivity index (χ0v) is 15.9. The highest BCUT2D eigenvalue weighted by molar-refractivity contribution is 5.98. The molecule has 0 radical (unpaired) electrons. The minimum absolute atomic E-state index is 0.136. The maximum atomic E-state index is 13.8. The van der Waals surface area contributed by atoms with Crippen molar-refractivity contribution in [2.75, 3.05) is 0 Å². The molecule has 0 unspecified atom stereocenters. The summed E-state index contributed by atoms with van der Waals surface area (Å²) in [5.74, 6) is -1.28. The van der Waals surface area contributed by atoms with E-state index in [0.717, 1.165) is 23.6 Å². The van der Waals surface area contributed by atoms with Gasteiger partial charge in [0.1, 0.15) is 5.82 Å². The van der Waals surface area contributed by atoms with Gasteiger partial charge in [0.25, 0.3) is 5.91 Å². The number of benzene rings is 2. The van der Waals surface area contributed by atoms with Crippen LogP contribution in [-0.4, -0.2) is 15.9 Å². The van der Waals surface area contributed by atoms with E-state index in [9.17, 15) is 22.4 Å². The van der Waals surface area contributed by atoms with Crippen LogP contribution in [-0.2, 0) is 6.18 Å². The molecule has 4 aromatic rings. The van der Waals surface area contributed by atoms with Crippen LogP contribution in [0.25, 0.3) is 10.9 Å². The number of nitrogens with one attached hydrogen (secondary N) is 1. The lowest BCUT2D eigenvalue weighted by molar-refractivity contribution is -0.138. The first kappa shape index (κ1) is 20.5. The highest BCUT2D eigenvalue weighted by atomic mass is 19.4. The molecule has 0 fully saturated rings. The Bertz CT molecular complexity index is 1260. The second-order valence-electron chi connectivity index (χ2n) is 6.81. The summed E-state index contributed by atoms with van der Waals surface area (Å²) >= 11 is 0. The summed E-state index contributed by atoms with van der Waals surface area (Å²) in [5.41, 5.74) is -0.530. The number of alkyl halides is 3. The van der Waals surface area contributed by atoms with E-state index >= 15 is 0 Å². The van der Waals surface area contributed by atoms with Crippen LogP contribution in [0.2, 0.25) is 0 Å². The van der Waals surface area contributed by atoms with E-state index in [1.165, 1.54) is 30.5 Å². The van der Waals surface area contributed by atoms with Crippen molar-refractivity contribution < 1.29 is 22.4 Å². The number of rotatable bonds is 4. The van der Waals surface area contributed by atoms with Gasteiger partial charge in [-0.1, -0.05) is 24.3 Å². The Labute approximate surface area is 174 Å². The first-order valence-electron chi connectivity index (χ1n) is 9.26. The molecule has 0 saturated heterocycles. The van der Waals surface area contributed by atoms with Crippen LogP contribution in [0.4, 0.5) is 17.6 Å². The lowest BCUT2D eigenvalue weighted by atomic mass is 9.98. The van der Waals surface area contributed by atoms with Gasteiger partial charge < -0.3 is 5.32 Å². The molecule has 4 rings (SSSR count). The Morgan fingerprint density at radius 2 is 1.68 bits per heavy atom. The molecular formula is C23H15F4N3O. The monoisotopic (exact) mass is 425 g/mol. The molecule has 1 amide bonds. The van der Waals surface area contributed by atoms with Crippen molar-refractivity contribution in [1.82, 2.24) is 15.3 Å². The van der Waals surface area contributed by atoms with Crippen LogP contribution in [0.1, 0.15) is 33.2 Å². The minimum Gasteiger partial charge on any atom is -0.340 e. The average molecular weight is 425 g/mol. The first-order valence-corrected chi connectivity index (χ1v) is 9.26. The molecule has 0 aliphatic heterocycles. The molecule has 4 nitrogen and oxygen atoms in total. The fourth-order valence-electron chi connectivity index (χ4n) is 3.31. The third-order valence-electron chi connectivity index (χ3n) is 4.74. The quantitative estimate of drug-likeness (QED) is 0.451.